The van der Waals surface area contributed by atoms with Crippen LogP contribution in [0.4, 0.5) is 0 Å². The Hall–Kier alpha value is -1.66. The van der Waals surface area contributed by atoms with E-state index in [4.69, 9.17) is 14.2 Å². The van der Waals surface area contributed by atoms with Gasteiger partial charge in [-0.05, 0) is 35.9 Å². The van der Waals surface area contributed by atoms with Crippen LogP contribution in [0.2, 0.25) is 0 Å². The van der Waals surface area contributed by atoms with Gasteiger partial charge in [0, 0.05) is 15.1 Å². The molecule has 2 aromatic carbocycles. The van der Waals surface area contributed by atoms with Crippen LogP contribution in [-0.4, -0.2) is 27.3 Å². The zero-order chi connectivity index (χ0) is 16.8. The van der Waals surface area contributed by atoms with Crippen LogP contribution in [0.3, 0.4) is 0 Å². The molecule has 2 rings (SSSR count). The Morgan fingerprint density at radius 2 is 1.78 bits per heavy atom. The highest BCUT2D eigenvalue weighted by atomic mass is 79.9. The molecule has 0 unspecified atom stereocenters. The average Bonchev–Trinajstić information content (AvgIpc) is 2.59. The van der Waals surface area contributed by atoms with Crippen molar-refractivity contribution < 1.29 is 19.0 Å². The molecule has 0 spiro atoms. The molecule has 0 fully saturated rings. The topological polar surface area (TPSA) is 44.8 Å². The van der Waals surface area contributed by atoms with Gasteiger partial charge in [-0.25, -0.2) is 4.79 Å². The predicted octanol–water partition coefficient (Wildman–Crippen LogP) is 4.55. The molecule has 0 N–H and O–H groups in total. The number of benzene rings is 2. The Morgan fingerprint density at radius 1 is 1.04 bits per heavy atom. The van der Waals surface area contributed by atoms with Crippen LogP contribution >= 0.6 is 27.7 Å². The summed E-state index contributed by atoms with van der Waals surface area (Å²) in [6.07, 6.45) is 0. The molecule has 0 bridgehead atoms. The van der Waals surface area contributed by atoms with Gasteiger partial charge in [0.05, 0.1) is 26.9 Å². The molecule has 6 heteroatoms. The van der Waals surface area contributed by atoms with E-state index >= 15 is 0 Å². The maximum Gasteiger partial charge on any atom is 0.338 e. The maximum absolute atomic E-state index is 11.9. The first-order chi connectivity index (χ1) is 11.1. The number of ether oxygens (including phenoxy) is 3. The number of methoxy groups -OCH3 is 3. The predicted molar refractivity (Wildman–Crippen MR) is 94.6 cm³/mol. The molecule has 4 nitrogen and oxygen atoms in total. The summed E-state index contributed by atoms with van der Waals surface area (Å²) in [4.78, 5) is 12.9. The van der Waals surface area contributed by atoms with Gasteiger partial charge in [-0.15, -0.1) is 11.8 Å². The summed E-state index contributed by atoms with van der Waals surface area (Å²) in [6, 6.07) is 11.4. The van der Waals surface area contributed by atoms with Crippen LogP contribution in [0.15, 0.2) is 45.8 Å². The molecule has 0 radical (unpaired) electrons. The Morgan fingerprint density at radius 3 is 2.43 bits per heavy atom. The molecule has 0 aliphatic carbocycles. The summed E-state index contributed by atoms with van der Waals surface area (Å²) >= 11 is 4.99. The fourth-order valence-electron chi connectivity index (χ4n) is 2.04. The minimum atomic E-state index is -0.339. The molecule has 122 valence electrons. The van der Waals surface area contributed by atoms with Crippen LogP contribution < -0.4 is 9.47 Å². The number of esters is 1. The largest absolute Gasteiger partial charge is 0.493 e. The first-order valence-electron chi connectivity index (χ1n) is 6.80. The van der Waals surface area contributed by atoms with E-state index in [1.807, 2.05) is 30.3 Å². The molecule has 2 aromatic rings. The molecule has 0 aliphatic heterocycles. The van der Waals surface area contributed by atoms with Gasteiger partial charge < -0.3 is 14.2 Å². The third kappa shape index (κ3) is 4.42. The summed E-state index contributed by atoms with van der Waals surface area (Å²) in [6.45, 7) is 0. The number of thioether (sulfide) groups is 1. The molecule has 0 saturated heterocycles. The minimum absolute atomic E-state index is 0.339. The average molecular weight is 397 g/mol. The molecule has 23 heavy (non-hydrogen) atoms. The van der Waals surface area contributed by atoms with E-state index in [-0.39, 0.29) is 5.97 Å². The number of rotatable bonds is 6. The number of hydrogen-bond donors (Lipinski definition) is 0. The van der Waals surface area contributed by atoms with Crippen LogP contribution in [-0.2, 0) is 10.5 Å². The molecule has 0 atom stereocenters. The van der Waals surface area contributed by atoms with Crippen molar-refractivity contribution in [3.05, 3.63) is 52.0 Å². The zero-order valence-corrected chi connectivity index (χ0v) is 15.5. The fourth-order valence-corrected chi connectivity index (χ4v) is 3.33. The monoisotopic (exact) mass is 396 g/mol. The van der Waals surface area contributed by atoms with Crippen molar-refractivity contribution in [3.63, 3.8) is 0 Å². The van der Waals surface area contributed by atoms with Crippen LogP contribution in [0.1, 0.15) is 15.9 Å². The SMILES string of the molecule is COC(=O)c1cc(Br)ccc1CSc1ccc(OC)c(OC)c1. The van der Waals surface area contributed by atoms with E-state index in [1.54, 1.807) is 32.0 Å². The van der Waals surface area contributed by atoms with Crippen molar-refractivity contribution in [2.75, 3.05) is 21.3 Å². The summed E-state index contributed by atoms with van der Waals surface area (Å²) in [5.41, 5.74) is 1.48. The van der Waals surface area contributed by atoms with Crippen LogP contribution in [0.25, 0.3) is 0 Å². The second-order valence-electron chi connectivity index (χ2n) is 4.60. The fraction of sp³-hybridized carbons (Fsp3) is 0.235. The summed E-state index contributed by atoms with van der Waals surface area (Å²) in [7, 11) is 4.60. The second-order valence-corrected chi connectivity index (χ2v) is 6.56. The number of carbonyl (C=O) groups is 1. The van der Waals surface area contributed by atoms with Gasteiger partial charge in [-0.3, -0.25) is 0 Å². The van der Waals surface area contributed by atoms with E-state index in [2.05, 4.69) is 15.9 Å². The lowest BCUT2D eigenvalue weighted by Crippen LogP contribution is -2.05. The standard InChI is InChI=1S/C17H17BrO4S/c1-20-15-7-6-13(9-16(15)21-2)23-10-11-4-5-12(18)8-14(11)17(19)22-3/h4-9H,10H2,1-3H3. The van der Waals surface area contributed by atoms with E-state index in [9.17, 15) is 4.79 Å². The van der Waals surface area contributed by atoms with Crippen molar-refractivity contribution >= 4 is 33.7 Å². The van der Waals surface area contributed by atoms with Gasteiger partial charge in [-0.2, -0.15) is 0 Å². The van der Waals surface area contributed by atoms with Crippen LogP contribution in [0, 0.1) is 0 Å². The van der Waals surface area contributed by atoms with E-state index < -0.39 is 0 Å². The van der Waals surface area contributed by atoms with Gasteiger partial charge >= 0.3 is 5.97 Å². The van der Waals surface area contributed by atoms with Gasteiger partial charge in [-0.1, -0.05) is 22.0 Å². The first kappa shape index (κ1) is 17.7. The molecule has 0 saturated carbocycles. The van der Waals surface area contributed by atoms with Crippen LogP contribution in [0.5, 0.6) is 11.5 Å². The molecule has 0 heterocycles. The number of carbonyl (C=O) groups excluding carboxylic acids is 1. The van der Waals surface area contributed by atoms with E-state index in [1.165, 1.54) is 7.11 Å². The number of halogens is 1. The smallest absolute Gasteiger partial charge is 0.338 e. The third-order valence-corrected chi connectivity index (χ3v) is 4.76. The third-order valence-electron chi connectivity index (χ3n) is 3.23. The maximum atomic E-state index is 11.9. The number of hydrogen-bond acceptors (Lipinski definition) is 5. The Labute approximate surface area is 148 Å². The van der Waals surface area contributed by atoms with Crippen molar-refractivity contribution in [1.29, 1.82) is 0 Å². The second kappa shape index (κ2) is 8.26. The lowest BCUT2D eigenvalue weighted by atomic mass is 10.1. The lowest BCUT2D eigenvalue weighted by molar-refractivity contribution is 0.0599. The minimum Gasteiger partial charge on any atom is -0.493 e. The molecule has 0 aliphatic rings. The van der Waals surface area contributed by atoms with Crippen molar-refractivity contribution in [2.24, 2.45) is 0 Å². The van der Waals surface area contributed by atoms with Crippen molar-refractivity contribution in [3.8, 4) is 11.5 Å². The Kier molecular flexibility index (Phi) is 6.36. The van der Waals surface area contributed by atoms with Gasteiger partial charge in [0.25, 0.3) is 0 Å². The lowest BCUT2D eigenvalue weighted by Gasteiger charge is -2.11. The summed E-state index contributed by atoms with van der Waals surface area (Å²) in [5.74, 6) is 1.68. The highest BCUT2D eigenvalue weighted by molar-refractivity contribution is 9.10. The van der Waals surface area contributed by atoms with E-state index in [0.29, 0.717) is 22.8 Å². The first-order valence-corrected chi connectivity index (χ1v) is 8.58. The van der Waals surface area contributed by atoms with Gasteiger partial charge in [0.2, 0.25) is 0 Å². The van der Waals surface area contributed by atoms with Gasteiger partial charge in [0.1, 0.15) is 0 Å². The Balaban J connectivity index is 2.19. The normalized spacial score (nSPS) is 10.3. The molecule has 0 amide bonds. The summed E-state index contributed by atoms with van der Waals surface area (Å²) in [5, 5.41) is 0. The highest BCUT2D eigenvalue weighted by Gasteiger charge is 2.13. The Bertz CT molecular complexity index is 703. The summed E-state index contributed by atoms with van der Waals surface area (Å²) < 4.78 is 16.2. The molecular formula is C17H17BrO4S. The van der Waals surface area contributed by atoms with Gasteiger partial charge in [0.15, 0.2) is 11.5 Å². The quantitative estimate of drug-likeness (QED) is 0.529. The molecule has 0 aromatic heterocycles. The van der Waals surface area contributed by atoms with Crippen molar-refractivity contribution in [2.45, 2.75) is 10.6 Å². The zero-order valence-electron chi connectivity index (χ0n) is 13.1. The van der Waals surface area contributed by atoms with E-state index in [0.717, 1.165) is 14.9 Å². The molecular weight excluding hydrogens is 380 g/mol. The highest BCUT2D eigenvalue weighted by Crippen LogP contribution is 2.34. The van der Waals surface area contributed by atoms with Crippen molar-refractivity contribution in [1.82, 2.24) is 0 Å².